The number of nitrogens with zero attached hydrogens (tertiary/aromatic N) is 2. The van der Waals surface area contributed by atoms with Crippen molar-refractivity contribution in [2.75, 3.05) is 18.4 Å². The maximum atomic E-state index is 13.2. The van der Waals surface area contributed by atoms with Crippen molar-refractivity contribution in [2.24, 2.45) is 5.14 Å². The quantitative estimate of drug-likeness (QED) is 0.255. The largest absolute Gasteiger partial charge is 0.382 e. The van der Waals surface area contributed by atoms with Gasteiger partial charge in [-0.15, -0.1) is 11.3 Å². The van der Waals surface area contributed by atoms with Crippen molar-refractivity contribution in [3.8, 4) is 0 Å². The van der Waals surface area contributed by atoms with Crippen molar-refractivity contribution in [3.05, 3.63) is 81.2 Å². The molecule has 2 aromatic carbocycles. The van der Waals surface area contributed by atoms with Crippen LogP contribution in [0.15, 0.2) is 69.8 Å². The van der Waals surface area contributed by atoms with Gasteiger partial charge < -0.3 is 10.6 Å². The van der Waals surface area contributed by atoms with Crippen molar-refractivity contribution in [2.45, 2.75) is 34.5 Å². The van der Waals surface area contributed by atoms with Crippen LogP contribution in [0.4, 0.5) is 11.4 Å². The topological polar surface area (TPSA) is 182 Å². The van der Waals surface area contributed by atoms with E-state index in [0.29, 0.717) is 23.4 Å². The molecule has 1 aliphatic rings. The van der Waals surface area contributed by atoms with Gasteiger partial charge in [0.15, 0.2) is 0 Å². The average Bonchev–Trinajstić information content (AvgIpc) is 3.37. The molecule has 0 spiro atoms. The number of nitro benzene ring substituents is 1. The van der Waals surface area contributed by atoms with Gasteiger partial charge in [0, 0.05) is 47.4 Å². The number of thiophene rings is 1. The number of anilines is 1. The fraction of sp³-hybridized carbons (Fsp3) is 0.261. The van der Waals surface area contributed by atoms with Crippen LogP contribution < -0.4 is 15.8 Å². The van der Waals surface area contributed by atoms with Crippen LogP contribution in [-0.2, 0) is 26.6 Å². The summed E-state index contributed by atoms with van der Waals surface area (Å²) in [5.41, 5.74) is 0.530. The Morgan fingerprint density at radius 2 is 1.76 bits per heavy atom. The van der Waals surface area contributed by atoms with Crippen molar-refractivity contribution >= 4 is 48.7 Å². The first-order valence-corrected chi connectivity index (χ1v) is 15.2. The number of rotatable bonds is 9. The minimum absolute atomic E-state index is 0.00251. The highest BCUT2D eigenvalue weighted by atomic mass is 32.2. The second-order valence-electron chi connectivity index (χ2n) is 8.61. The molecule has 1 fully saturated rings. The third kappa shape index (κ3) is 6.54. The molecule has 0 radical (unpaired) electrons. The molecule has 0 aliphatic carbocycles. The summed E-state index contributed by atoms with van der Waals surface area (Å²) in [6.07, 6.45) is 1.05. The van der Waals surface area contributed by atoms with Gasteiger partial charge in [-0.05, 0) is 49.2 Å². The molecule has 1 aliphatic heterocycles. The molecule has 12 nitrogen and oxygen atoms in total. The minimum Gasteiger partial charge on any atom is -0.382 e. The SMILES string of the molecule is NS(=O)(=O)c1cccc(NC2CCN(S(=O)(=O)c3ccc(CNC(=O)c4cccc([N+](=O)[O-])c4)s3)CC2)c1. The van der Waals surface area contributed by atoms with Gasteiger partial charge in [0.25, 0.3) is 21.6 Å². The van der Waals surface area contributed by atoms with Gasteiger partial charge in [0.05, 0.1) is 16.4 Å². The first kappa shape index (κ1) is 27.7. The lowest BCUT2D eigenvalue weighted by molar-refractivity contribution is -0.384. The number of hydrogen-bond acceptors (Lipinski definition) is 9. The van der Waals surface area contributed by atoms with E-state index in [4.69, 9.17) is 5.14 Å². The Balaban J connectivity index is 1.33. The van der Waals surface area contributed by atoms with Gasteiger partial charge in [0.1, 0.15) is 4.21 Å². The molecule has 1 amide bonds. The van der Waals surface area contributed by atoms with Crippen LogP contribution in [0.2, 0.25) is 0 Å². The van der Waals surface area contributed by atoms with Gasteiger partial charge >= 0.3 is 0 Å². The smallest absolute Gasteiger partial charge is 0.270 e. The summed E-state index contributed by atoms with van der Waals surface area (Å²) < 4.78 is 51.0. The number of sulfonamides is 2. The van der Waals surface area contributed by atoms with Crippen LogP contribution in [0, 0.1) is 10.1 Å². The zero-order valence-electron chi connectivity index (χ0n) is 19.9. The monoisotopic (exact) mass is 579 g/mol. The van der Waals surface area contributed by atoms with E-state index in [2.05, 4.69) is 10.6 Å². The number of piperidine rings is 1. The van der Waals surface area contributed by atoms with Crippen LogP contribution in [0.3, 0.4) is 0 Å². The number of primary sulfonamides is 1. The van der Waals surface area contributed by atoms with Gasteiger partial charge in [-0.25, -0.2) is 22.0 Å². The molecule has 38 heavy (non-hydrogen) atoms. The molecule has 0 atom stereocenters. The Morgan fingerprint density at radius 1 is 1.05 bits per heavy atom. The molecule has 0 saturated carbocycles. The van der Waals surface area contributed by atoms with E-state index in [1.165, 1.54) is 46.8 Å². The van der Waals surface area contributed by atoms with Crippen LogP contribution in [0.5, 0.6) is 0 Å². The summed E-state index contributed by atoms with van der Waals surface area (Å²) in [4.78, 5) is 23.3. The summed E-state index contributed by atoms with van der Waals surface area (Å²) in [5.74, 6) is -0.504. The van der Waals surface area contributed by atoms with E-state index in [9.17, 15) is 31.7 Å². The van der Waals surface area contributed by atoms with Crippen molar-refractivity contribution < 1.29 is 26.6 Å². The summed E-state index contributed by atoms with van der Waals surface area (Å²) in [5, 5.41) is 22.0. The zero-order valence-corrected chi connectivity index (χ0v) is 22.4. The summed E-state index contributed by atoms with van der Waals surface area (Å²) >= 11 is 1.05. The van der Waals surface area contributed by atoms with Crippen LogP contribution in [-0.4, -0.2) is 51.1 Å². The Morgan fingerprint density at radius 3 is 2.45 bits per heavy atom. The average molecular weight is 580 g/mol. The Hall–Kier alpha value is -3.37. The highest BCUT2D eigenvalue weighted by molar-refractivity contribution is 7.91. The first-order valence-electron chi connectivity index (χ1n) is 11.4. The third-order valence-electron chi connectivity index (χ3n) is 5.96. The van der Waals surface area contributed by atoms with Gasteiger partial charge in [0.2, 0.25) is 10.0 Å². The second kappa shape index (κ2) is 11.2. The zero-order chi connectivity index (χ0) is 27.5. The molecule has 4 rings (SSSR count). The number of hydrogen-bond donors (Lipinski definition) is 3. The fourth-order valence-electron chi connectivity index (χ4n) is 3.99. The number of amides is 1. The van der Waals surface area contributed by atoms with E-state index in [1.54, 1.807) is 18.2 Å². The highest BCUT2D eigenvalue weighted by Gasteiger charge is 2.30. The van der Waals surface area contributed by atoms with E-state index in [1.807, 2.05) is 0 Å². The van der Waals surface area contributed by atoms with Crippen molar-refractivity contribution in [1.82, 2.24) is 9.62 Å². The van der Waals surface area contributed by atoms with Crippen LogP contribution >= 0.6 is 11.3 Å². The predicted octanol–water partition coefficient (Wildman–Crippen LogP) is 2.50. The van der Waals surface area contributed by atoms with Crippen LogP contribution in [0.25, 0.3) is 0 Å². The minimum atomic E-state index is -3.83. The number of carbonyl (C=O) groups is 1. The number of carbonyl (C=O) groups excluding carboxylic acids is 1. The molecule has 15 heteroatoms. The van der Waals surface area contributed by atoms with Crippen molar-refractivity contribution in [3.63, 3.8) is 0 Å². The first-order chi connectivity index (χ1) is 17.9. The molecular formula is C23H25N5O7S3. The van der Waals surface area contributed by atoms with Gasteiger partial charge in [-0.1, -0.05) is 12.1 Å². The van der Waals surface area contributed by atoms with Crippen molar-refractivity contribution in [1.29, 1.82) is 0 Å². The highest BCUT2D eigenvalue weighted by Crippen LogP contribution is 2.28. The number of nitrogens with one attached hydrogen (secondary N) is 2. The molecule has 1 saturated heterocycles. The van der Waals surface area contributed by atoms with Gasteiger partial charge in [-0.3, -0.25) is 14.9 Å². The number of non-ortho nitro benzene ring substituents is 1. The van der Waals surface area contributed by atoms with Crippen LogP contribution in [0.1, 0.15) is 28.1 Å². The number of nitro groups is 1. The summed E-state index contributed by atoms with van der Waals surface area (Å²) in [7, 11) is -7.55. The predicted molar refractivity (Wildman–Crippen MR) is 142 cm³/mol. The Bertz CT molecular complexity index is 1560. The van der Waals surface area contributed by atoms with E-state index in [-0.39, 0.29) is 46.0 Å². The Kier molecular flexibility index (Phi) is 8.13. The maximum Gasteiger partial charge on any atom is 0.270 e. The lowest BCUT2D eigenvalue weighted by Gasteiger charge is -2.31. The van der Waals surface area contributed by atoms with E-state index < -0.39 is 30.9 Å². The normalized spacial score (nSPS) is 15.2. The molecule has 3 aromatic rings. The van der Waals surface area contributed by atoms with E-state index >= 15 is 0 Å². The third-order valence-corrected chi connectivity index (χ3v) is 10.3. The Labute approximate surface area is 223 Å². The fourth-order valence-corrected chi connectivity index (χ4v) is 7.47. The number of nitrogens with two attached hydrogens (primary N) is 1. The molecule has 202 valence electrons. The lowest BCUT2D eigenvalue weighted by Crippen LogP contribution is -2.42. The molecule has 1 aromatic heterocycles. The molecule has 4 N–H and O–H groups in total. The molecule has 2 heterocycles. The number of benzene rings is 2. The molecule has 0 unspecified atom stereocenters. The maximum absolute atomic E-state index is 13.2. The van der Waals surface area contributed by atoms with Gasteiger partial charge in [-0.2, -0.15) is 4.31 Å². The summed E-state index contributed by atoms with van der Waals surface area (Å²) in [6.45, 7) is 0.641. The molecule has 0 bridgehead atoms. The lowest BCUT2D eigenvalue weighted by atomic mass is 10.1. The standard InChI is InChI=1S/C23H25N5O7S3/c24-37(32,33)21-6-2-4-18(14-21)26-17-9-11-27(12-10-17)38(34,35)22-8-7-20(36-22)15-25-23(29)16-3-1-5-19(13-16)28(30)31/h1-8,13-14,17,26H,9-12,15H2,(H,25,29)(H2,24,32,33). The van der Waals surface area contributed by atoms with E-state index in [0.717, 1.165) is 11.3 Å². The second-order valence-corrected chi connectivity index (χ2v) is 13.5. The summed E-state index contributed by atoms with van der Waals surface area (Å²) in [6, 6.07) is 14.6. The molecular weight excluding hydrogens is 554 g/mol.